The molecule has 3 heterocycles. The molecule has 0 N–H and O–H groups in total. The quantitative estimate of drug-likeness (QED) is 0.814. The third-order valence-electron chi connectivity index (χ3n) is 6.21. The first-order valence-corrected chi connectivity index (χ1v) is 9.97. The van der Waals surface area contributed by atoms with E-state index in [9.17, 15) is 4.39 Å². The molecule has 2 aliphatic heterocycles. The minimum Gasteiger partial charge on any atom is -0.375 e. The molecule has 4 nitrogen and oxygen atoms in total. The van der Waals surface area contributed by atoms with Crippen molar-refractivity contribution < 1.29 is 9.13 Å². The summed E-state index contributed by atoms with van der Waals surface area (Å²) in [6.45, 7) is 3.96. The summed E-state index contributed by atoms with van der Waals surface area (Å²) in [7, 11) is 0. The Balaban J connectivity index is 1.20. The Morgan fingerprint density at radius 3 is 2.16 bits per heavy atom. The van der Waals surface area contributed by atoms with Crippen LogP contribution in [0.2, 0.25) is 0 Å². The second kappa shape index (κ2) is 8.00. The first kappa shape index (κ1) is 17.2. The number of anilines is 1. The predicted octanol–water partition coefficient (Wildman–Crippen LogP) is 3.55. The summed E-state index contributed by atoms with van der Waals surface area (Å²) in [6.07, 6.45) is 11.4. The standard InChI is InChI=1S/C20H30FN3O/c21-14-16-4-5-18(15-22-16)24-12-8-20(9-13-24)25-19-6-10-23(11-7-19)17-2-1-3-17/h4-5,15,17,19-20H,1-3,6-14H2. The average Bonchev–Trinajstić information content (AvgIpc) is 2.63. The number of pyridine rings is 1. The monoisotopic (exact) mass is 347 g/mol. The molecule has 1 aromatic heterocycles. The van der Waals surface area contributed by atoms with Crippen LogP contribution >= 0.6 is 0 Å². The van der Waals surface area contributed by atoms with Gasteiger partial charge in [0.25, 0.3) is 0 Å². The number of likely N-dealkylation sites (tertiary alicyclic amines) is 1. The van der Waals surface area contributed by atoms with Gasteiger partial charge in [-0.15, -0.1) is 0 Å². The second-order valence-electron chi connectivity index (χ2n) is 7.78. The molecular weight excluding hydrogens is 317 g/mol. The normalized spacial score (nSPS) is 24.4. The second-order valence-corrected chi connectivity index (χ2v) is 7.78. The van der Waals surface area contributed by atoms with Gasteiger partial charge in [0.15, 0.2) is 0 Å². The lowest BCUT2D eigenvalue weighted by Crippen LogP contribution is -2.47. The molecule has 25 heavy (non-hydrogen) atoms. The maximum absolute atomic E-state index is 12.6. The summed E-state index contributed by atoms with van der Waals surface area (Å²) in [4.78, 5) is 9.19. The molecule has 5 heteroatoms. The first-order chi connectivity index (χ1) is 12.3. The number of rotatable bonds is 5. The van der Waals surface area contributed by atoms with E-state index in [0.29, 0.717) is 17.9 Å². The maximum Gasteiger partial charge on any atom is 0.131 e. The molecule has 0 aromatic carbocycles. The molecule has 1 aliphatic carbocycles. The molecule has 1 saturated carbocycles. The number of halogens is 1. The molecular formula is C20H30FN3O. The summed E-state index contributed by atoms with van der Waals surface area (Å²) in [5, 5.41) is 0. The highest BCUT2D eigenvalue weighted by Gasteiger charge is 2.30. The SMILES string of the molecule is FCc1ccc(N2CCC(OC3CCN(C4CCC4)CC3)CC2)cn1. The fraction of sp³-hybridized carbons (Fsp3) is 0.750. The highest BCUT2D eigenvalue weighted by Crippen LogP contribution is 2.29. The summed E-state index contributed by atoms with van der Waals surface area (Å²) in [5.74, 6) is 0. The van der Waals surface area contributed by atoms with E-state index in [1.54, 1.807) is 12.3 Å². The molecule has 0 amide bonds. The predicted molar refractivity (Wildman–Crippen MR) is 97.6 cm³/mol. The number of aromatic nitrogens is 1. The topological polar surface area (TPSA) is 28.6 Å². The van der Waals surface area contributed by atoms with Crippen LogP contribution in [0.15, 0.2) is 18.3 Å². The molecule has 0 radical (unpaired) electrons. The van der Waals surface area contributed by atoms with E-state index in [1.807, 2.05) is 6.07 Å². The molecule has 2 saturated heterocycles. The minimum atomic E-state index is -0.490. The van der Waals surface area contributed by atoms with E-state index in [2.05, 4.69) is 14.8 Å². The largest absolute Gasteiger partial charge is 0.375 e. The summed E-state index contributed by atoms with van der Waals surface area (Å²) >= 11 is 0. The van der Waals surface area contributed by atoms with E-state index < -0.39 is 6.67 Å². The van der Waals surface area contributed by atoms with E-state index >= 15 is 0 Å². The fourth-order valence-corrected chi connectivity index (χ4v) is 4.33. The number of nitrogens with zero attached hydrogens (tertiary/aromatic N) is 3. The van der Waals surface area contributed by atoms with E-state index in [0.717, 1.165) is 37.7 Å². The van der Waals surface area contributed by atoms with Gasteiger partial charge in [0.2, 0.25) is 0 Å². The van der Waals surface area contributed by atoms with Crippen LogP contribution < -0.4 is 4.90 Å². The van der Waals surface area contributed by atoms with Crippen molar-refractivity contribution in [1.82, 2.24) is 9.88 Å². The molecule has 1 aromatic rings. The van der Waals surface area contributed by atoms with Gasteiger partial charge in [-0.25, -0.2) is 4.39 Å². The van der Waals surface area contributed by atoms with Crippen LogP contribution in [0, 0.1) is 0 Å². The van der Waals surface area contributed by atoms with Crippen LogP contribution in [0.4, 0.5) is 10.1 Å². The zero-order valence-corrected chi connectivity index (χ0v) is 15.1. The van der Waals surface area contributed by atoms with Crippen LogP contribution in [-0.2, 0) is 11.4 Å². The van der Waals surface area contributed by atoms with Gasteiger partial charge in [-0.3, -0.25) is 4.98 Å². The first-order valence-electron chi connectivity index (χ1n) is 9.97. The molecule has 138 valence electrons. The number of alkyl halides is 1. The van der Waals surface area contributed by atoms with E-state index in [4.69, 9.17) is 4.74 Å². The van der Waals surface area contributed by atoms with Gasteiger partial charge in [0.05, 0.1) is 29.8 Å². The van der Waals surface area contributed by atoms with Gasteiger partial charge in [0.1, 0.15) is 6.67 Å². The Bertz CT molecular complexity index is 532. The lowest BCUT2D eigenvalue weighted by atomic mass is 9.89. The highest BCUT2D eigenvalue weighted by molar-refractivity contribution is 5.44. The molecule has 0 unspecified atom stereocenters. The van der Waals surface area contributed by atoms with Crippen LogP contribution in [0.5, 0.6) is 0 Å². The highest BCUT2D eigenvalue weighted by atomic mass is 19.1. The zero-order valence-electron chi connectivity index (χ0n) is 15.1. The van der Waals surface area contributed by atoms with Gasteiger partial charge in [-0.1, -0.05) is 6.42 Å². The summed E-state index contributed by atoms with van der Waals surface area (Å²) in [5.41, 5.74) is 1.61. The molecule has 3 aliphatic rings. The van der Waals surface area contributed by atoms with Gasteiger partial charge >= 0.3 is 0 Å². The van der Waals surface area contributed by atoms with Gasteiger partial charge < -0.3 is 14.5 Å². The van der Waals surface area contributed by atoms with Gasteiger partial charge in [0, 0.05) is 32.2 Å². The van der Waals surface area contributed by atoms with Crippen molar-refractivity contribution >= 4 is 5.69 Å². The molecule has 0 atom stereocenters. The Kier molecular flexibility index (Phi) is 5.51. The Labute approximate surface area is 150 Å². The van der Waals surface area contributed by atoms with Crippen molar-refractivity contribution in [2.75, 3.05) is 31.1 Å². The van der Waals surface area contributed by atoms with Crippen molar-refractivity contribution in [2.24, 2.45) is 0 Å². The third-order valence-corrected chi connectivity index (χ3v) is 6.21. The molecule has 0 bridgehead atoms. The van der Waals surface area contributed by atoms with Crippen molar-refractivity contribution in [3.8, 4) is 0 Å². The zero-order chi connectivity index (χ0) is 17.1. The van der Waals surface area contributed by atoms with Crippen LogP contribution in [0.1, 0.15) is 50.6 Å². The van der Waals surface area contributed by atoms with Crippen molar-refractivity contribution in [3.63, 3.8) is 0 Å². The minimum absolute atomic E-state index is 0.398. The summed E-state index contributed by atoms with van der Waals surface area (Å²) < 4.78 is 19.0. The number of hydrogen-bond donors (Lipinski definition) is 0. The van der Waals surface area contributed by atoms with Gasteiger partial charge in [-0.05, 0) is 50.7 Å². The lowest BCUT2D eigenvalue weighted by molar-refractivity contribution is -0.0598. The number of piperidine rings is 2. The third kappa shape index (κ3) is 4.14. The van der Waals surface area contributed by atoms with Gasteiger partial charge in [-0.2, -0.15) is 0 Å². The number of ether oxygens (including phenoxy) is 1. The number of hydrogen-bond acceptors (Lipinski definition) is 4. The molecule has 3 fully saturated rings. The Morgan fingerprint density at radius 2 is 1.64 bits per heavy atom. The smallest absolute Gasteiger partial charge is 0.131 e. The van der Waals surface area contributed by atoms with Crippen LogP contribution in [0.25, 0.3) is 0 Å². The molecule has 4 rings (SSSR count). The average molecular weight is 347 g/mol. The summed E-state index contributed by atoms with van der Waals surface area (Å²) in [6, 6.07) is 4.65. The van der Waals surface area contributed by atoms with Crippen molar-refractivity contribution in [1.29, 1.82) is 0 Å². The molecule has 0 spiro atoms. The van der Waals surface area contributed by atoms with Crippen molar-refractivity contribution in [3.05, 3.63) is 24.0 Å². The van der Waals surface area contributed by atoms with E-state index in [1.165, 1.54) is 45.2 Å². The lowest BCUT2D eigenvalue weighted by Gasteiger charge is -2.43. The Morgan fingerprint density at radius 1 is 0.960 bits per heavy atom. The van der Waals surface area contributed by atoms with Crippen molar-refractivity contribution in [2.45, 2.75) is 69.9 Å². The maximum atomic E-state index is 12.6. The Hall–Kier alpha value is -1.20. The van der Waals surface area contributed by atoms with Crippen LogP contribution in [0.3, 0.4) is 0 Å². The van der Waals surface area contributed by atoms with E-state index in [-0.39, 0.29) is 0 Å². The van der Waals surface area contributed by atoms with Crippen LogP contribution in [-0.4, -0.2) is 54.3 Å². The fourth-order valence-electron chi connectivity index (χ4n) is 4.33.